The Morgan fingerprint density at radius 2 is 1.66 bits per heavy atom. The Bertz CT molecular complexity index is 2020. The molecule has 50 heavy (non-hydrogen) atoms. The normalized spacial score (nSPS) is 17.6. The van der Waals surface area contributed by atoms with Gasteiger partial charge in [-0.2, -0.15) is 0 Å². The lowest BCUT2D eigenvalue weighted by Gasteiger charge is -2.26. The Balaban J connectivity index is 1.22. The highest BCUT2D eigenvalue weighted by atomic mass is 35.5. The molecule has 0 spiro atoms. The Kier molecular flexibility index (Phi) is 10.3. The molecule has 0 saturated carbocycles. The molecule has 0 aliphatic carbocycles. The van der Waals surface area contributed by atoms with Crippen LogP contribution >= 0.6 is 11.6 Å². The van der Waals surface area contributed by atoms with Crippen LogP contribution in [0.15, 0.2) is 103 Å². The second kappa shape index (κ2) is 15.0. The SMILES string of the molecule is O=C(O)c1ccc(OCCc2c(CCNS(=O)(=O)CCN3C[C@@H]4C[C@H]3CO4)n(C(c3ccccc3)c3ccccc3)c3ccc(Cl)cc23)cc1. The molecule has 2 N–H and O–H groups in total. The highest BCUT2D eigenvalue weighted by Crippen LogP contribution is 2.38. The van der Waals surface area contributed by atoms with Crippen LogP contribution in [0.5, 0.6) is 5.75 Å². The monoisotopic (exact) mass is 713 g/mol. The maximum absolute atomic E-state index is 13.3. The number of carbonyl (C=O) groups is 1. The van der Waals surface area contributed by atoms with Crippen LogP contribution in [0.2, 0.25) is 5.02 Å². The zero-order valence-electron chi connectivity index (χ0n) is 27.6. The molecule has 2 atom stereocenters. The predicted octanol–water partition coefficient (Wildman–Crippen LogP) is 6.19. The lowest BCUT2D eigenvalue weighted by molar-refractivity contribution is 0.0332. The summed E-state index contributed by atoms with van der Waals surface area (Å²) in [6.45, 7) is 2.50. The van der Waals surface area contributed by atoms with Crippen molar-refractivity contribution in [1.29, 1.82) is 0 Å². The van der Waals surface area contributed by atoms with Crippen LogP contribution in [0.25, 0.3) is 10.9 Å². The number of aromatic nitrogens is 1. The molecule has 3 heterocycles. The highest BCUT2D eigenvalue weighted by molar-refractivity contribution is 7.89. The van der Waals surface area contributed by atoms with Crippen LogP contribution in [0.4, 0.5) is 0 Å². The van der Waals surface area contributed by atoms with E-state index in [0.29, 0.717) is 49.4 Å². The van der Waals surface area contributed by atoms with Crippen molar-refractivity contribution in [2.75, 3.05) is 38.6 Å². The Labute approximate surface area is 297 Å². The summed E-state index contributed by atoms with van der Waals surface area (Å²) in [7, 11) is -3.54. The van der Waals surface area contributed by atoms with Gasteiger partial charge in [0.1, 0.15) is 5.75 Å². The summed E-state index contributed by atoms with van der Waals surface area (Å²) in [5, 5.41) is 10.9. The number of benzene rings is 4. The van der Waals surface area contributed by atoms with E-state index in [1.54, 1.807) is 12.1 Å². The van der Waals surface area contributed by atoms with Gasteiger partial charge in [-0.1, -0.05) is 72.3 Å². The second-order valence-electron chi connectivity index (χ2n) is 12.9. The molecule has 0 amide bonds. The first kappa shape index (κ1) is 34.3. The van der Waals surface area contributed by atoms with E-state index in [9.17, 15) is 18.3 Å². The predicted molar refractivity (Wildman–Crippen MR) is 195 cm³/mol. The summed E-state index contributed by atoms with van der Waals surface area (Å²) >= 11 is 6.62. The lowest BCUT2D eigenvalue weighted by atomic mass is 9.97. The molecule has 1 aromatic heterocycles. The molecule has 11 heteroatoms. The minimum atomic E-state index is -3.54. The third-order valence-electron chi connectivity index (χ3n) is 9.74. The topological polar surface area (TPSA) is 110 Å². The van der Waals surface area contributed by atoms with Gasteiger partial charge in [0, 0.05) is 60.1 Å². The maximum Gasteiger partial charge on any atom is 0.335 e. The maximum atomic E-state index is 13.3. The number of nitrogens with zero attached hydrogens (tertiary/aromatic N) is 2. The van der Waals surface area contributed by atoms with Crippen molar-refractivity contribution < 1.29 is 27.8 Å². The van der Waals surface area contributed by atoms with Crippen LogP contribution in [0, 0.1) is 0 Å². The first-order chi connectivity index (χ1) is 24.3. The molecule has 2 aliphatic heterocycles. The van der Waals surface area contributed by atoms with E-state index in [0.717, 1.165) is 46.3 Å². The molecule has 2 bridgehead atoms. The van der Waals surface area contributed by atoms with Crippen LogP contribution < -0.4 is 9.46 Å². The number of fused-ring (bicyclic) bond motifs is 3. The molecule has 2 aliphatic rings. The van der Waals surface area contributed by atoms with Crippen LogP contribution in [0.3, 0.4) is 0 Å². The van der Waals surface area contributed by atoms with Crippen molar-refractivity contribution in [2.24, 2.45) is 0 Å². The summed E-state index contributed by atoms with van der Waals surface area (Å²) < 4.78 is 43.6. The third kappa shape index (κ3) is 7.60. The minimum Gasteiger partial charge on any atom is -0.493 e. The van der Waals surface area contributed by atoms with Gasteiger partial charge in [0.15, 0.2) is 0 Å². The van der Waals surface area contributed by atoms with Crippen molar-refractivity contribution in [3.63, 3.8) is 0 Å². The van der Waals surface area contributed by atoms with E-state index >= 15 is 0 Å². The summed E-state index contributed by atoms with van der Waals surface area (Å²) in [5.41, 5.74) is 5.37. The van der Waals surface area contributed by atoms with E-state index < -0.39 is 16.0 Å². The average Bonchev–Trinajstić information content (AvgIpc) is 3.83. The van der Waals surface area contributed by atoms with Gasteiger partial charge >= 0.3 is 5.97 Å². The molecular weight excluding hydrogens is 674 g/mol. The standard InChI is InChI=1S/C39H40ClN3O6S/c40-30-13-16-36-35(23-30)34(18-21-48-32-14-11-29(12-15-32)39(44)45)37(17-19-41-50(46,47)22-20-42-25-33-24-31(42)26-49-33)43(36)38(27-7-3-1-4-8-27)28-9-5-2-6-10-28/h1-16,23,31,33,38,41H,17-22,24-26H2,(H,44,45)/t31-,33-/m0/s1. The smallest absolute Gasteiger partial charge is 0.335 e. The number of carboxylic acid groups (broad SMARTS) is 1. The van der Waals surface area contributed by atoms with Crippen molar-refractivity contribution in [3.8, 4) is 5.75 Å². The first-order valence-electron chi connectivity index (χ1n) is 17.0. The largest absolute Gasteiger partial charge is 0.493 e. The molecule has 5 aromatic rings. The number of sulfonamides is 1. The summed E-state index contributed by atoms with van der Waals surface area (Å²) in [6.07, 6.45) is 2.15. The third-order valence-corrected chi connectivity index (χ3v) is 11.3. The zero-order chi connectivity index (χ0) is 34.7. The number of halogens is 1. The molecule has 9 nitrogen and oxygen atoms in total. The average molecular weight is 714 g/mol. The Morgan fingerprint density at radius 3 is 2.28 bits per heavy atom. The van der Waals surface area contributed by atoms with Crippen molar-refractivity contribution in [2.45, 2.75) is 37.5 Å². The highest BCUT2D eigenvalue weighted by Gasteiger charge is 2.39. The molecule has 4 aromatic carbocycles. The van der Waals surface area contributed by atoms with E-state index in [1.165, 1.54) is 12.1 Å². The fraction of sp³-hybridized carbons (Fsp3) is 0.308. The van der Waals surface area contributed by atoms with E-state index in [4.69, 9.17) is 21.1 Å². The van der Waals surface area contributed by atoms with Crippen molar-refractivity contribution in [1.82, 2.24) is 14.2 Å². The molecule has 2 fully saturated rings. The molecule has 2 saturated heterocycles. The number of carboxylic acids is 1. The summed E-state index contributed by atoms with van der Waals surface area (Å²) in [4.78, 5) is 13.6. The number of aromatic carboxylic acids is 1. The van der Waals surface area contributed by atoms with E-state index in [1.807, 2.05) is 54.6 Å². The van der Waals surface area contributed by atoms with Gasteiger partial charge in [-0.25, -0.2) is 17.9 Å². The number of hydrogen-bond acceptors (Lipinski definition) is 6. The van der Waals surface area contributed by atoms with Crippen LogP contribution in [-0.2, 0) is 27.6 Å². The molecular formula is C39H40ClN3O6S. The number of morpholine rings is 1. The molecule has 7 rings (SSSR count). The molecule has 0 radical (unpaired) electrons. The zero-order valence-corrected chi connectivity index (χ0v) is 29.2. The van der Waals surface area contributed by atoms with Gasteiger partial charge in [-0.3, -0.25) is 4.90 Å². The number of likely N-dealkylation sites (tertiary alicyclic amines) is 1. The van der Waals surface area contributed by atoms with Crippen molar-refractivity contribution >= 4 is 38.5 Å². The number of hydrogen-bond donors (Lipinski definition) is 2. The summed E-state index contributed by atoms with van der Waals surface area (Å²) in [6, 6.07) is 33.0. The quantitative estimate of drug-likeness (QED) is 0.133. The number of rotatable bonds is 15. The van der Waals surface area contributed by atoms with Gasteiger partial charge in [0.2, 0.25) is 10.0 Å². The fourth-order valence-corrected chi connectivity index (χ4v) is 8.57. The van der Waals surface area contributed by atoms with Crippen LogP contribution in [0.1, 0.15) is 45.2 Å². The van der Waals surface area contributed by atoms with Gasteiger partial charge in [-0.05, 0) is 65.6 Å². The van der Waals surface area contributed by atoms with Gasteiger partial charge in [-0.15, -0.1) is 0 Å². The van der Waals surface area contributed by atoms with E-state index in [-0.39, 0.29) is 30.0 Å². The van der Waals surface area contributed by atoms with E-state index in [2.05, 4.69) is 38.5 Å². The van der Waals surface area contributed by atoms with Crippen LogP contribution in [-0.4, -0.2) is 79.7 Å². The minimum absolute atomic E-state index is 0.0346. The second-order valence-corrected chi connectivity index (χ2v) is 15.3. The lowest BCUT2D eigenvalue weighted by Crippen LogP contribution is -2.41. The Hall–Kier alpha value is -4.19. The number of nitrogens with one attached hydrogen (secondary N) is 1. The molecule has 260 valence electrons. The molecule has 0 unspecified atom stereocenters. The number of ether oxygens (including phenoxy) is 2. The van der Waals surface area contributed by atoms with Crippen molar-refractivity contribution in [3.05, 3.63) is 136 Å². The first-order valence-corrected chi connectivity index (χ1v) is 19.0. The van der Waals surface area contributed by atoms with Gasteiger partial charge in [0.05, 0.1) is 36.7 Å². The fourth-order valence-electron chi connectivity index (χ4n) is 7.36. The Morgan fingerprint density at radius 1 is 0.960 bits per heavy atom. The summed E-state index contributed by atoms with van der Waals surface area (Å²) in [5.74, 6) is -0.395. The van der Waals surface area contributed by atoms with Gasteiger partial charge < -0.3 is 19.1 Å². The van der Waals surface area contributed by atoms with Gasteiger partial charge in [0.25, 0.3) is 0 Å².